The van der Waals surface area contributed by atoms with E-state index in [1.807, 2.05) is 6.07 Å². The first kappa shape index (κ1) is 22.7. The van der Waals surface area contributed by atoms with E-state index in [2.05, 4.69) is 5.32 Å². The number of imide groups is 1. The number of esters is 1. The van der Waals surface area contributed by atoms with E-state index in [9.17, 15) is 24.0 Å². The Hall–Kier alpha value is -3.03. The molecule has 0 aromatic heterocycles. The van der Waals surface area contributed by atoms with Crippen LogP contribution in [0.5, 0.6) is 0 Å². The molecule has 1 saturated heterocycles. The maximum absolute atomic E-state index is 13.4. The lowest BCUT2D eigenvalue weighted by molar-refractivity contribution is -0.149. The summed E-state index contributed by atoms with van der Waals surface area (Å²) in [6.45, 7) is 2.14. The number of aldehydes is 1. The first-order valence-corrected chi connectivity index (χ1v) is 10.7. The molecule has 2 fully saturated rings. The third-order valence-electron chi connectivity index (χ3n) is 6.25. The molecule has 3 rings (SSSR count). The highest BCUT2D eigenvalue weighted by Crippen LogP contribution is 2.38. The minimum atomic E-state index is -0.766. The van der Waals surface area contributed by atoms with Crippen molar-refractivity contribution in [2.75, 3.05) is 13.7 Å². The van der Waals surface area contributed by atoms with E-state index in [0.717, 1.165) is 5.56 Å². The number of hydrogen-bond acceptors (Lipinski definition) is 6. The number of hydrogen-bond donors (Lipinski definition) is 1. The number of carbonyl (C=O) groups excluding carboxylic acids is 5. The molecule has 1 atom stereocenters. The van der Waals surface area contributed by atoms with Crippen LogP contribution >= 0.6 is 0 Å². The topological polar surface area (TPSA) is 110 Å². The number of carbonyl (C=O) groups is 5. The average Bonchev–Trinajstić information content (AvgIpc) is 2.78. The third kappa shape index (κ3) is 4.84. The van der Waals surface area contributed by atoms with E-state index in [1.54, 1.807) is 19.1 Å². The van der Waals surface area contributed by atoms with Crippen molar-refractivity contribution in [3.05, 3.63) is 34.9 Å². The molecular weight excluding hydrogens is 400 g/mol. The maximum Gasteiger partial charge on any atom is 0.308 e. The highest BCUT2D eigenvalue weighted by Gasteiger charge is 2.36. The first-order valence-electron chi connectivity index (χ1n) is 10.7. The number of likely N-dealkylation sites (N-methyl/N-ethyl adjacent to an activating group) is 1. The number of nitrogens with zero attached hydrogens (tertiary/aromatic N) is 1. The second kappa shape index (κ2) is 9.85. The maximum atomic E-state index is 13.4. The first-order chi connectivity index (χ1) is 14.9. The summed E-state index contributed by atoms with van der Waals surface area (Å²) in [5.41, 5.74) is 1.33. The molecule has 1 saturated carbocycles. The fraction of sp³-hybridized carbons (Fsp3) is 0.522. The molecule has 0 bridgehead atoms. The molecule has 0 radical (unpaired) electrons. The fourth-order valence-corrected chi connectivity index (χ4v) is 4.54. The molecular formula is C23H28N2O6. The van der Waals surface area contributed by atoms with Gasteiger partial charge < -0.3 is 9.64 Å². The van der Waals surface area contributed by atoms with E-state index < -0.39 is 17.9 Å². The van der Waals surface area contributed by atoms with Gasteiger partial charge in [0.25, 0.3) is 5.91 Å². The molecule has 0 spiro atoms. The van der Waals surface area contributed by atoms with Gasteiger partial charge >= 0.3 is 5.97 Å². The zero-order valence-electron chi connectivity index (χ0n) is 17.9. The van der Waals surface area contributed by atoms with Crippen LogP contribution in [0.1, 0.15) is 77.6 Å². The summed E-state index contributed by atoms with van der Waals surface area (Å²) < 4.78 is 5.13. The summed E-state index contributed by atoms with van der Waals surface area (Å²) in [4.78, 5) is 62.2. The van der Waals surface area contributed by atoms with Gasteiger partial charge in [-0.1, -0.05) is 18.2 Å². The Morgan fingerprint density at radius 1 is 1.16 bits per heavy atom. The van der Waals surface area contributed by atoms with Crippen LogP contribution in [0.25, 0.3) is 0 Å². The Morgan fingerprint density at radius 2 is 1.87 bits per heavy atom. The van der Waals surface area contributed by atoms with Gasteiger partial charge in [0.05, 0.1) is 18.1 Å². The van der Waals surface area contributed by atoms with Crippen molar-refractivity contribution in [2.24, 2.45) is 5.92 Å². The quantitative estimate of drug-likeness (QED) is 0.423. The van der Waals surface area contributed by atoms with Crippen molar-refractivity contribution in [1.29, 1.82) is 0 Å². The van der Waals surface area contributed by atoms with Gasteiger partial charge in [0, 0.05) is 19.0 Å². The highest BCUT2D eigenvalue weighted by molar-refractivity contribution is 6.06. The van der Waals surface area contributed by atoms with Crippen LogP contribution in [0, 0.1) is 5.92 Å². The number of piperidine rings is 1. The molecule has 166 valence electrons. The van der Waals surface area contributed by atoms with Gasteiger partial charge in [-0.2, -0.15) is 0 Å². The number of benzene rings is 1. The third-order valence-corrected chi connectivity index (χ3v) is 6.25. The Balaban J connectivity index is 1.83. The van der Waals surface area contributed by atoms with Gasteiger partial charge in [-0.15, -0.1) is 0 Å². The summed E-state index contributed by atoms with van der Waals surface area (Å²) in [5, 5.41) is 2.26. The Bertz CT molecular complexity index is 888. The summed E-state index contributed by atoms with van der Waals surface area (Å²) in [7, 11) is 1.52. The molecule has 1 aliphatic heterocycles. The van der Waals surface area contributed by atoms with E-state index in [4.69, 9.17) is 4.74 Å². The molecule has 1 aliphatic carbocycles. The predicted molar refractivity (Wildman–Crippen MR) is 111 cm³/mol. The SMILES string of the molecule is CCOC(=O)C1CCC(c2cccc(C=O)c2C(=O)N(C)C2CCC(=O)NC2=O)CC1. The smallest absolute Gasteiger partial charge is 0.308 e. The van der Waals surface area contributed by atoms with E-state index in [0.29, 0.717) is 44.1 Å². The molecule has 31 heavy (non-hydrogen) atoms. The van der Waals surface area contributed by atoms with Crippen molar-refractivity contribution in [2.45, 2.75) is 57.4 Å². The molecule has 1 aromatic rings. The van der Waals surface area contributed by atoms with Crippen molar-refractivity contribution in [3.8, 4) is 0 Å². The molecule has 1 N–H and O–H groups in total. The van der Waals surface area contributed by atoms with Gasteiger partial charge in [0.2, 0.25) is 11.8 Å². The Morgan fingerprint density at radius 3 is 2.48 bits per heavy atom. The molecule has 1 unspecified atom stereocenters. The van der Waals surface area contributed by atoms with Crippen LogP contribution in [0.4, 0.5) is 0 Å². The fourth-order valence-electron chi connectivity index (χ4n) is 4.54. The summed E-state index contributed by atoms with van der Waals surface area (Å²) in [5.74, 6) is -1.58. The van der Waals surface area contributed by atoms with Crippen LogP contribution in [-0.4, -0.2) is 54.6 Å². The predicted octanol–water partition coefficient (Wildman–Crippen LogP) is 2.21. The standard InChI is InChI=1S/C23H28N2O6/c1-3-31-23(30)15-9-7-14(8-10-15)17-6-4-5-16(13-26)20(17)22(29)25(2)18-11-12-19(27)24-21(18)28/h4-6,13-15,18H,3,7-12H2,1-2H3,(H,24,27,28). The average molecular weight is 428 g/mol. The summed E-state index contributed by atoms with van der Waals surface area (Å²) in [6.07, 6.45) is 3.78. The zero-order valence-corrected chi connectivity index (χ0v) is 17.9. The summed E-state index contributed by atoms with van der Waals surface area (Å²) in [6, 6.07) is 4.41. The molecule has 1 heterocycles. The van der Waals surface area contributed by atoms with E-state index in [-0.39, 0.29) is 42.1 Å². The Kier molecular flexibility index (Phi) is 7.20. The number of ether oxygens (including phenoxy) is 1. The van der Waals surface area contributed by atoms with Crippen LogP contribution in [0.3, 0.4) is 0 Å². The molecule has 8 heteroatoms. The van der Waals surface area contributed by atoms with Gasteiger partial charge in [-0.25, -0.2) is 0 Å². The Labute approximate surface area is 181 Å². The largest absolute Gasteiger partial charge is 0.466 e. The number of amides is 3. The number of nitrogens with one attached hydrogen (secondary N) is 1. The zero-order chi connectivity index (χ0) is 22.5. The van der Waals surface area contributed by atoms with Crippen molar-refractivity contribution >= 4 is 30.0 Å². The van der Waals surface area contributed by atoms with E-state index >= 15 is 0 Å². The van der Waals surface area contributed by atoms with Crippen molar-refractivity contribution < 1.29 is 28.7 Å². The second-order valence-electron chi connectivity index (χ2n) is 8.11. The van der Waals surface area contributed by atoms with Crippen molar-refractivity contribution in [3.63, 3.8) is 0 Å². The number of rotatable bonds is 6. The molecule has 8 nitrogen and oxygen atoms in total. The van der Waals surface area contributed by atoms with Crippen LogP contribution < -0.4 is 5.32 Å². The van der Waals surface area contributed by atoms with Crippen LogP contribution in [-0.2, 0) is 19.1 Å². The van der Waals surface area contributed by atoms with E-state index in [1.165, 1.54) is 11.9 Å². The van der Waals surface area contributed by atoms with Gasteiger partial charge in [0.15, 0.2) is 6.29 Å². The lowest BCUT2D eigenvalue weighted by Gasteiger charge is -2.32. The lowest BCUT2D eigenvalue weighted by atomic mass is 9.76. The molecule has 3 amide bonds. The second-order valence-corrected chi connectivity index (χ2v) is 8.11. The minimum absolute atomic E-state index is 0.0275. The minimum Gasteiger partial charge on any atom is -0.466 e. The molecule has 1 aromatic carbocycles. The highest BCUT2D eigenvalue weighted by atomic mass is 16.5. The van der Waals surface area contributed by atoms with Crippen LogP contribution in [0.15, 0.2) is 18.2 Å². The molecule has 2 aliphatic rings. The lowest BCUT2D eigenvalue weighted by Crippen LogP contribution is -2.53. The van der Waals surface area contributed by atoms with Gasteiger partial charge in [-0.05, 0) is 50.5 Å². The van der Waals surface area contributed by atoms with Crippen LogP contribution in [0.2, 0.25) is 0 Å². The summed E-state index contributed by atoms with van der Waals surface area (Å²) >= 11 is 0. The van der Waals surface area contributed by atoms with Gasteiger partial charge in [0.1, 0.15) is 6.04 Å². The van der Waals surface area contributed by atoms with Crippen molar-refractivity contribution in [1.82, 2.24) is 10.2 Å². The van der Waals surface area contributed by atoms with Gasteiger partial charge in [-0.3, -0.25) is 29.3 Å². The monoisotopic (exact) mass is 428 g/mol. The normalized spacial score (nSPS) is 23.6.